The minimum absolute atomic E-state index is 0.159. The summed E-state index contributed by atoms with van der Waals surface area (Å²) in [6, 6.07) is 18.4. The van der Waals surface area contributed by atoms with E-state index in [1.54, 1.807) is 42.5 Å². The molecule has 0 saturated carbocycles. The molecule has 3 aromatic carbocycles. The van der Waals surface area contributed by atoms with E-state index in [0.29, 0.717) is 16.8 Å². The highest BCUT2D eigenvalue weighted by Gasteiger charge is 2.18. The molecule has 0 aliphatic heterocycles. The maximum atomic E-state index is 13.3. The zero-order valence-corrected chi connectivity index (χ0v) is 18.5. The first kappa shape index (κ1) is 22.5. The summed E-state index contributed by atoms with van der Waals surface area (Å²) in [6.07, 6.45) is 1.18. The number of aryl methyl sites for hydroxylation is 2. The number of amides is 1. The first-order valence-electron chi connectivity index (χ1n) is 9.80. The molecular weight excluding hydrogens is 415 g/mol. The van der Waals surface area contributed by atoms with Gasteiger partial charge in [-0.1, -0.05) is 30.3 Å². The third-order valence-electron chi connectivity index (χ3n) is 5.06. The van der Waals surface area contributed by atoms with Crippen LogP contribution < -0.4 is 9.62 Å². The number of carbonyl (C=O) groups is 1. The van der Waals surface area contributed by atoms with E-state index in [1.165, 1.54) is 22.7 Å². The highest BCUT2D eigenvalue weighted by Crippen LogP contribution is 2.23. The molecule has 0 spiro atoms. The lowest BCUT2D eigenvalue weighted by Gasteiger charge is -2.23. The minimum Gasteiger partial charge on any atom is -0.348 e. The van der Waals surface area contributed by atoms with Crippen LogP contribution in [0.4, 0.5) is 10.1 Å². The van der Waals surface area contributed by atoms with Crippen LogP contribution in [0.5, 0.6) is 0 Å². The van der Waals surface area contributed by atoms with E-state index >= 15 is 0 Å². The second-order valence-corrected chi connectivity index (χ2v) is 9.45. The zero-order chi connectivity index (χ0) is 22.6. The fourth-order valence-corrected chi connectivity index (χ4v) is 4.02. The van der Waals surface area contributed by atoms with Gasteiger partial charge >= 0.3 is 0 Å². The summed E-state index contributed by atoms with van der Waals surface area (Å²) >= 11 is 0. The van der Waals surface area contributed by atoms with Crippen LogP contribution in [0.2, 0.25) is 0 Å². The average Bonchev–Trinajstić information content (AvgIpc) is 2.72. The van der Waals surface area contributed by atoms with Crippen molar-refractivity contribution in [2.45, 2.75) is 26.9 Å². The Hall–Kier alpha value is -3.19. The van der Waals surface area contributed by atoms with Gasteiger partial charge in [0.15, 0.2) is 0 Å². The van der Waals surface area contributed by atoms with Crippen molar-refractivity contribution in [3.63, 3.8) is 0 Å². The summed E-state index contributed by atoms with van der Waals surface area (Å²) in [4.78, 5) is 12.4. The topological polar surface area (TPSA) is 66.5 Å². The van der Waals surface area contributed by atoms with Gasteiger partial charge in [-0.05, 0) is 72.5 Å². The first-order valence-corrected chi connectivity index (χ1v) is 11.6. The lowest BCUT2D eigenvalue weighted by molar-refractivity contribution is 0.0951. The van der Waals surface area contributed by atoms with Gasteiger partial charge < -0.3 is 5.32 Å². The van der Waals surface area contributed by atoms with Crippen molar-refractivity contribution in [1.82, 2.24) is 5.32 Å². The minimum atomic E-state index is -3.49. The van der Waals surface area contributed by atoms with Gasteiger partial charge in [0, 0.05) is 12.1 Å². The molecule has 5 nitrogen and oxygen atoms in total. The van der Waals surface area contributed by atoms with Gasteiger partial charge in [0.2, 0.25) is 10.0 Å². The van der Waals surface area contributed by atoms with Gasteiger partial charge in [-0.3, -0.25) is 9.10 Å². The Kier molecular flexibility index (Phi) is 6.75. The van der Waals surface area contributed by atoms with Gasteiger partial charge in [-0.2, -0.15) is 0 Å². The van der Waals surface area contributed by atoms with Crippen LogP contribution in [0.25, 0.3) is 0 Å². The molecule has 0 fully saturated rings. The summed E-state index contributed by atoms with van der Waals surface area (Å²) in [5.74, 6) is -0.639. The lowest BCUT2D eigenvalue weighted by atomic mass is 10.1. The van der Waals surface area contributed by atoms with Gasteiger partial charge in [0.25, 0.3) is 5.91 Å². The number of nitrogens with one attached hydrogen (secondary N) is 1. The standard InChI is InChI=1S/C24H25FN2O3S/c1-17-7-12-23(13-18(17)2)27(31(3,29)30)16-19-8-10-21(11-9-19)24(28)26-15-20-5-4-6-22(25)14-20/h4-14H,15-16H2,1-3H3,(H,26,28). The lowest BCUT2D eigenvalue weighted by Crippen LogP contribution is -2.29. The van der Waals surface area contributed by atoms with Crippen LogP contribution in [0.3, 0.4) is 0 Å². The summed E-state index contributed by atoms with van der Waals surface area (Å²) in [5.41, 5.74) is 4.56. The molecule has 0 aliphatic carbocycles. The van der Waals surface area contributed by atoms with Crippen molar-refractivity contribution in [3.05, 3.63) is 100 Å². The number of halogens is 1. The number of hydrogen-bond donors (Lipinski definition) is 1. The second-order valence-electron chi connectivity index (χ2n) is 7.55. The molecular formula is C24H25FN2O3S. The number of nitrogens with zero attached hydrogens (tertiary/aromatic N) is 1. The van der Waals surface area contributed by atoms with E-state index in [4.69, 9.17) is 0 Å². The summed E-state index contributed by atoms with van der Waals surface area (Å²) in [6.45, 7) is 4.29. The number of sulfonamides is 1. The maximum Gasteiger partial charge on any atom is 0.251 e. The molecule has 0 saturated heterocycles. The van der Waals surface area contributed by atoms with E-state index in [0.717, 1.165) is 16.7 Å². The molecule has 162 valence electrons. The number of rotatable bonds is 7. The SMILES string of the molecule is Cc1ccc(N(Cc2ccc(C(=O)NCc3cccc(F)c3)cc2)S(C)(=O)=O)cc1C. The number of anilines is 1. The van der Waals surface area contributed by atoms with Crippen molar-refractivity contribution < 1.29 is 17.6 Å². The predicted octanol–water partition coefficient (Wildman–Crippen LogP) is 4.34. The Morgan fingerprint density at radius 1 is 0.935 bits per heavy atom. The van der Waals surface area contributed by atoms with E-state index < -0.39 is 10.0 Å². The zero-order valence-electron chi connectivity index (χ0n) is 17.7. The summed E-state index contributed by atoms with van der Waals surface area (Å²) in [7, 11) is -3.49. The molecule has 0 radical (unpaired) electrons. The summed E-state index contributed by atoms with van der Waals surface area (Å²) in [5, 5.41) is 2.75. The number of benzene rings is 3. The molecule has 0 aliphatic rings. The average molecular weight is 441 g/mol. The van der Waals surface area contributed by atoms with Crippen LogP contribution in [-0.2, 0) is 23.1 Å². The third kappa shape index (κ3) is 5.92. The Morgan fingerprint density at radius 2 is 1.65 bits per heavy atom. The maximum absolute atomic E-state index is 13.3. The fourth-order valence-electron chi connectivity index (χ4n) is 3.14. The Balaban J connectivity index is 1.71. The van der Waals surface area contributed by atoms with Crippen molar-refractivity contribution in [3.8, 4) is 0 Å². The van der Waals surface area contributed by atoms with Crippen molar-refractivity contribution in [2.75, 3.05) is 10.6 Å². The van der Waals surface area contributed by atoms with Crippen molar-refractivity contribution >= 4 is 21.6 Å². The quantitative estimate of drug-likeness (QED) is 0.594. The van der Waals surface area contributed by atoms with Crippen LogP contribution in [0.1, 0.15) is 32.6 Å². The van der Waals surface area contributed by atoms with E-state index in [-0.39, 0.29) is 24.8 Å². The third-order valence-corrected chi connectivity index (χ3v) is 6.20. The van der Waals surface area contributed by atoms with Gasteiger partial charge in [0.1, 0.15) is 5.82 Å². The van der Waals surface area contributed by atoms with E-state index in [1.807, 2.05) is 26.0 Å². The number of carbonyl (C=O) groups excluding carboxylic acids is 1. The molecule has 0 bridgehead atoms. The molecule has 3 rings (SSSR count). The molecule has 1 N–H and O–H groups in total. The van der Waals surface area contributed by atoms with Crippen LogP contribution in [-0.4, -0.2) is 20.6 Å². The van der Waals surface area contributed by atoms with E-state index in [9.17, 15) is 17.6 Å². The molecule has 7 heteroatoms. The Morgan fingerprint density at radius 3 is 2.26 bits per heavy atom. The van der Waals surface area contributed by atoms with Crippen molar-refractivity contribution in [1.29, 1.82) is 0 Å². The molecule has 3 aromatic rings. The van der Waals surface area contributed by atoms with Gasteiger partial charge in [-0.25, -0.2) is 12.8 Å². The normalized spacial score (nSPS) is 11.2. The molecule has 0 heterocycles. The van der Waals surface area contributed by atoms with Crippen LogP contribution in [0.15, 0.2) is 66.7 Å². The molecule has 0 atom stereocenters. The predicted molar refractivity (Wildman–Crippen MR) is 121 cm³/mol. The van der Waals surface area contributed by atoms with Crippen LogP contribution in [0, 0.1) is 19.7 Å². The number of hydrogen-bond acceptors (Lipinski definition) is 3. The van der Waals surface area contributed by atoms with E-state index in [2.05, 4.69) is 5.32 Å². The monoisotopic (exact) mass is 440 g/mol. The molecule has 31 heavy (non-hydrogen) atoms. The van der Waals surface area contributed by atoms with Crippen LogP contribution >= 0.6 is 0 Å². The smallest absolute Gasteiger partial charge is 0.251 e. The molecule has 0 aromatic heterocycles. The Labute approximate surface area is 182 Å². The van der Waals surface area contributed by atoms with Gasteiger partial charge in [-0.15, -0.1) is 0 Å². The van der Waals surface area contributed by atoms with Gasteiger partial charge in [0.05, 0.1) is 18.5 Å². The molecule has 0 unspecified atom stereocenters. The highest BCUT2D eigenvalue weighted by atomic mass is 32.2. The second kappa shape index (κ2) is 9.31. The highest BCUT2D eigenvalue weighted by molar-refractivity contribution is 7.92. The fraction of sp³-hybridized carbons (Fsp3) is 0.208. The largest absolute Gasteiger partial charge is 0.348 e. The van der Waals surface area contributed by atoms with Crippen molar-refractivity contribution in [2.24, 2.45) is 0 Å². The summed E-state index contributed by atoms with van der Waals surface area (Å²) < 4.78 is 39.4. The first-order chi connectivity index (χ1) is 14.6. The molecule has 1 amide bonds. The Bertz CT molecular complexity index is 1190.